The van der Waals surface area contributed by atoms with Gasteiger partial charge in [-0.2, -0.15) is 0 Å². The van der Waals surface area contributed by atoms with Crippen LogP contribution in [0.3, 0.4) is 0 Å². The first-order valence-corrected chi connectivity index (χ1v) is 9.11. The van der Waals surface area contributed by atoms with Gasteiger partial charge in [-0.05, 0) is 29.8 Å². The summed E-state index contributed by atoms with van der Waals surface area (Å²) in [6.45, 7) is 4.33. The van der Waals surface area contributed by atoms with E-state index in [2.05, 4.69) is 15.2 Å². The molecule has 2 heterocycles. The number of hydrogen-bond acceptors (Lipinski definition) is 6. The van der Waals surface area contributed by atoms with Crippen molar-refractivity contribution < 1.29 is 19.0 Å². The van der Waals surface area contributed by atoms with Crippen LogP contribution >= 0.6 is 0 Å². The number of amides is 1. The van der Waals surface area contributed by atoms with Crippen molar-refractivity contribution in [3.8, 4) is 5.75 Å². The molecule has 27 heavy (non-hydrogen) atoms. The van der Waals surface area contributed by atoms with Gasteiger partial charge in [0.15, 0.2) is 0 Å². The second-order valence-electron chi connectivity index (χ2n) is 6.11. The number of carbonyl (C=O) groups is 1. The van der Waals surface area contributed by atoms with Gasteiger partial charge in [-0.15, -0.1) is 0 Å². The van der Waals surface area contributed by atoms with Crippen LogP contribution in [0.5, 0.6) is 5.75 Å². The van der Waals surface area contributed by atoms with Crippen LogP contribution in [-0.4, -0.2) is 57.0 Å². The molecule has 1 aromatic heterocycles. The van der Waals surface area contributed by atoms with Gasteiger partial charge in [0.2, 0.25) is 5.91 Å². The summed E-state index contributed by atoms with van der Waals surface area (Å²) >= 11 is 0. The van der Waals surface area contributed by atoms with E-state index in [1.54, 1.807) is 6.20 Å². The lowest BCUT2D eigenvalue weighted by Crippen LogP contribution is -2.36. The fourth-order valence-corrected chi connectivity index (χ4v) is 2.69. The van der Waals surface area contributed by atoms with Crippen molar-refractivity contribution in [1.29, 1.82) is 0 Å². The molecule has 2 aromatic rings. The van der Waals surface area contributed by atoms with Gasteiger partial charge in [-0.25, -0.2) is 4.98 Å². The molecule has 1 saturated heterocycles. The van der Waals surface area contributed by atoms with Gasteiger partial charge in [-0.3, -0.25) is 4.79 Å². The SMILES string of the molecule is O=C(COCCOc1ccccc1)NCc1ccnc(N2CCOCC2)c1. The first kappa shape index (κ1) is 19.1. The smallest absolute Gasteiger partial charge is 0.246 e. The zero-order chi connectivity index (χ0) is 18.7. The third-order valence-corrected chi connectivity index (χ3v) is 4.11. The quantitative estimate of drug-likeness (QED) is 0.676. The van der Waals surface area contributed by atoms with Crippen molar-refractivity contribution in [2.24, 2.45) is 0 Å². The summed E-state index contributed by atoms with van der Waals surface area (Å²) in [6, 6.07) is 13.4. The Balaban J connectivity index is 1.33. The molecule has 1 aliphatic heterocycles. The Morgan fingerprint density at radius 3 is 2.78 bits per heavy atom. The van der Waals surface area contributed by atoms with Gasteiger partial charge < -0.3 is 24.4 Å². The Hall–Kier alpha value is -2.64. The van der Waals surface area contributed by atoms with Gasteiger partial charge in [-0.1, -0.05) is 18.2 Å². The van der Waals surface area contributed by atoms with Crippen LogP contribution < -0.4 is 15.0 Å². The summed E-state index contributed by atoms with van der Waals surface area (Å²) in [5, 5.41) is 2.86. The Kier molecular flexibility index (Phi) is 7.44. The van der Waals surface area contributed by atoms with Crippen LogP contribution in [-0.2, 0) is 20.8 Å². The molecule has 7 heteroatoms. The lowest BCUT2D eigenvalue weighted by molar-refractivity contribution is -0.126. The standard InChI is InChI=1S/C20H25N3O4/c24-20(16-26-12-13-27-18-4-2-1-3-5-18)22-15-17-6-7-21-19(14-17)23-8-10-25-11-9-23/h1-7,14H,8-13,15-16H2,(H,22,24). The molecule has 0 atom stereocenters. The van der Waals surface area contributed by atoms with Crippen LogP contribution in [0.15, 0.2) is 48.7 Å². The number of aromatic nitrogens is 1. The minimum atomic E-state index is -0.153. The fourth-order valence-electron chi connectivity index (χ4n) is 2.69. The molecule has 144 valence electrons. The predicted molar refractivity (Wildman–Crippen MR) is 102 cm³/mol. The predicted octanol–water partition coefficient (Wildman–Crippen LogP) is 1.63. The van der Waals surface area contributed by atoms with Crippen LogP contribution in [0.2, 0.25) is 0 Å². The molecule has 0 spiro atoms. The maximum atomic E-state index is 11.9. The van der Waals surface area contributed by atoms with Gasteiger partial charge in [0.05, 0.1) is 19.8 Å². The van der Waals surface area contributed by atoms with Crippen molar-refractivity contribution in [2.75, 3.05) is 51.0 Å². The number of benzene rings is 1. The van der Waals surface area contributed by atoms with Crippen LogP contribution in [0.1, 0.15) is 5.56 Å². The van der Waals surface area contributed by atoms with Crippen molar-refractivity contribution in [3.05, 3.63) is 54.2 Å². The lowest BCUT2D eigenvalue weighted by Gasteiger charge is -2.28. The molecule has 0 radical (unpaired) electrons. The summed E-state index contributed by atoms with van der Waals surface area (Å²) in [4.78, 5) is 18.5. The van der Waals surface area contributed by atoms with E-state index in [9.17, 15) is 4.79 Å². The van der Waals surface area contributed by atoms with Crippen molar-refractivity contribution in [3.63, 3.8) is 0 Å². The molecule has 7 nitrogen and oxygen atoms in total. The Labute approximate surface area is 159 Å². The monoisotopic (exact) mass is 371 g/mol. The number of hydrogen-bond donors (Lipinski definition) is 1. The third kappa shape index (κ3) is 6.54. The highest BCUT2D eigenvalue weighted by Crippen LogP contribution is 2.14. The summed E-state index contributed by atoms with van der Waals surface area (Å²) in [5.74, 6) is 1.55. The van der Waals surface area contributed by atoms with Gasteiger partial charge in [0.1, 0.15) is 24.8 Å². The third-order valence-electron chi connectivity index (χ3n) is 4.11. The van der Waals surface area contributed by atoms with Crippen molar-refractivity contribution in [1.82, 2.24) is 10.3 Å². The number of ether oxygens (including phenoxy) is 3. The number of pyridine rings is 1. The number of morpholine rings is 1. The van der Waals surface area contributed by atoms with E-state index >= 15 is 0 Å². The van der Waals surface area contributed by atoms with E-state index < -0.39 is 0 Å². The molecule has 1 aromatic carbocycles. The molecule has 1 fully saturated rings. The first-order chi connectivity index (χ1) is 13.3. The second kappa shape index (κ2) is 10.5. The summed E-state index contributed by atoms with van der Waals surface area (Å²) in [5.41, 5.74) is 1.01. The van der Waals surface area contributed by atoms with Crippen LogP contribution in [0.4, 0.5) is 5.82 Å². The number of nitrogens with one attached hydrogen (secondary N) is 1. The minimum absolute atomic E-state index is 0.0134. The molecule has 3 rings (SSSR count). The summed E-state index contributed by atoms with van der Waals surface area (Å²) in [7, 11) is 0. The van der Waals surface area contributed by atoms with Crippen molar-refractivity contribution >= 4 is 11.7 Å². The topological polar surface area (TPSA) is 72.9 Å². The average molecular weight is 371 g/mol. The van der Waals surface area contributed by atoms with Crippen LogP contribution in [0.25, 0.3) is 0 Å². The van der Waals surface area contributed by atoms with E-state index in [0.717, 1.165) is 30.2 Å². The van der Waals surface area contributed by atoms with Gasteiger partial charge in [0.25, 0.3) is 0 Å². The van der Waals surface area contributed by atoms with E-state index in [0.29, 0.717) is 33.0 Å². The highest BCUT2D eigenvalue weighted by molar-refractivity contribution is 5.77. The average Bonchev–Trinajstić information content (AvgIpc) is 2.74. The Morgan fingerprint density at radius 1 is 1.15 bits per heavy atom. The van der Waals surface area contributed by atoms with E-state index in [1.165, 1.54) is 0 Å². The molecule has 0 unspecified atom stereocenters. The molecule has 1 N–H and O–H groups in total. The summed E-state index contributed by atoms with van der Waals surface area (Å²) in [6.07, 6.45) is 1.77. The fraction of sp³-hybridized carbons (Fsp3) is 0.400. The number of anilines is 1. The van der Waals surface area contributed by atoms with Crippen LogP contribution in [0, 0.1) is 0 Å². The van der Waals surface area contributed by atoms with Gasteiger partial charge >= 0.3 is 0 Å². The lowest BCUT2D eigenvalue weighted by atomic mass is 10.2. The molecule has 1 amide bonds. The zero-order valence-electron chi connectivity index (χ0n) is 15.3. The Morgan fingerprint density at radius 2 is 1.96 bits per heavy atom. The molecule has 0 aliphatic carbocycles. The van der Waals surface area contributed by atoms with E-state index in [1.807, 2.05) is 42.5 Å². The molecule has 0 saturated carbocycles. The zero-order valence-corrected chi connectivity index (χ0v) is 15.3. The number of nitrogens with zero attached hydrogens (tertiary/aromatic N) is 2. The minimum Gasteiger partial charge on any atom is -0.491 e. The number of para-hydroxylation sites is 1. The van der Waals surface area contributed by atoms with Gasteiger partial charge in [0, 0.05) is 25.8 Å². The molecular formula is C20H25N3O4. The first-order valence-electron chi connectivity index (χ1n) is 9.11. The normalized spacial score (nSPS) is 14.0. The highest BCUT2D eigenvalue weighted by atomic mass is 16.5. The summed E-state index contributed by atoms with van der Waals surface area (Å²) < 4.78 is 16.2. The largest absolute Gasteiger partial charge is 0.491 e. The maximum Gasteiger partial charge on any atom is 0.246 e. The maximum absolute atomic E-state index is 11.9. The molecule has 1 aliphatic rings. The number of rotatable bonds is 9. The van der Waals surface area contributed by atoms with E-state index in [4.69, 9.17) is 14.2 Å². The van der Waals surface area contributed by atoms with E-state index in [-0.39, 0.29) is 12.5 Å². The Bertz CT molecular complexity index is 705. The second-order valence-corrected chi connectivity index (χ2v) is 6.11. The molecule has 0 bridgehead atoms. The number of carbonyl (C=O) groups excluding carboxylic acids is 1. The molecular weight excluding hydrogens is 346 g/mol. The highest BCUT2D eigenvalue weighted by Gasteiger charge is 2.12. The van der Waals surface area contributed by atoms with Crippen molar-refractivity contribution in [2.45, 2.75) is 6.54 Å².